The van der Waals surface area contributed by atoms with Gasteiger partial charge in [-0.1, -0.05) is 24.3 Å². The topological polar surface area (TPSA) is 40.5 Å². The molecule has 0 bridgehead atoms. The van der Waals surface area contributed by atoms with Crippen LogP contribution in [-0.4, -0.2) is 23.4 Å². The zero-order valence-corrected chi connectivity index (χ0v) is 12.7. The largest absolute Gasteiger partial charge is 0.416 e. The fourth-order valence-corrected chi connectivity index (χ4v) is 2.54. The lowest BCUT2D eigenvalue weighted by Crippen LogP contribution is -2.36. The van der Waals surface area contributed by atoms with Gasteiger partial charge in [0.05, 0.1) is 29.8 Å². The van der Waals surface area contributed by atoms with Gasteiger partial charge in [-0.3, -0.25) is 0 Å². The van der Waals surface area contributed by atoms with Crippen molar-refractivity contribution in [2.24, 2.45) is 0 Å². The molecule has 0 heterocycles. The predicted octanol–water partition coefficient (Wildman–Crippen LogP) is 3.99. The van der Waals surface area contributed by atoms with Crippen LogP contribution in [0.15, 0.2) is 48.5 Å². The van der Waals surface area contributed by atoms with Gasteiger partial charge in [0, 0.05) is 0 Å². The third-order valence-electron chi connectivity index (χ3n) is 4.07. The summed E-state index contributed by atoms with van der Waals surface area (Å²) in [5.41, 5.74) is -3.02. The molecule has 0 amide bonds. The zero-order valence-electron chi connectivity index (χ0n) is 12.7. The summed E-state index contributed by atoms with van der Waals surface area (Å²) in [5, 5.41) is 19.5. The van der Waals surface area contributed by atoms with Gasteiger partial charge < -0.3 is 10.2 Å². The molecule has 136 valence electrons. The molecular weight excluding hydrogens is 350 g/mol. The summed E-state index contributed by atoms with van der Waals surface area (Å²) in [6.45, 7) is -1.39. The van der Waals surface area contributed by atoms with Crippen molar-refractivity contribution < 1.29 is 36.6 Å². The summed E-state index contributed by atoms with van der Waals surface area (Å²) in [6, 6.07) is 7.53. The summed E-state index contributed by atoms with van der Waals surface area (Å²) >= 11 is 0. The molecule has 0 atom stereocenters. The van der Waals surface area contributed by atoms with Gasteiger partial charge in [-0.2, -0.15) is 26.3 Å². The average molecular weight is 364 g/mol. The normalized spacial score (nSPS) is 13.1. The van der Waals surface area contributed by atoms with Gasteiger partial charge in [0.25, 0.3) is 0 Å². The predicted molar refractivity (Wildman–Crippen MR) is 77.8 cm³/mol. The Bertz CT molecular complexity index is 638. The number of halogens is 6. The standard InChI is InChI=1S/C17H14F6O2/c18-16(19,20)13-5-1-11(2-6-13)15(9-24,10-25)12-3-7-14(8-4-12)17(21,22)23/h1-8,24-25H,9-10H2. The second-order valence-electron chi connectivity index (χ2n) is 5.55. The smallest absolute Gasteiger partial charge is 0.395 e. The van der Waals surface area contributed by atoms with Crippen molar-refractivity contribution in [1.29, 1.82) is 0 Å². The molecule has 0 spiro atoms. The van der Waals surface area contributed by atoms with Gasteiger partial charge in [-0.05, 0) is 35.4 Å². The summed E-state index contributed by atoms with van der Waals surface area (Å²) in [7, 11) is 0. The van der Waals surface area contributed by atoms with E-state index in [4.69, 9.17) is 0 Å². The molecule has 0 aliphatic rings. The number of aliphatic hydroxyl groups excluding tert-OH is 2. The summed E-state index contributed by atoms with van der Waals surface area (Å²) < 4.78 is 75.9. The lowest BCUT2D eigenvalue weighted by molar-refractivity contribution is -0.138. The lowest BCUT2D eigenvalue weighted by Gasteiger charge is -2.31. The van der Waals surface area contributed by atoms with Crippen LogP contribution in [0, 0.1) is 0 Å². The van der Waals surface area contributed by atoms with E-state index in [0.29, 0.717) is 0 Å². The van der Waals surface area contributed by atoms with E-state index in [2.05, 4.69) is 0 Å². The molecule has 2 nitrogen and oxygen atoms in total. The van der Waals surface area contributed by atoms with Crippen LogP contribution in [0.4, 0.5) is 26.3 Å². The molecule has 2 aromatic carbocycles. The van der Waals surface area contributed by atoms with Gasteiger partial charge in [0.1, 0.15) is 0 Å². The molecule has 0 aliphatic carbocycles. The Morgan fingerprint density at radius 1 is 0.520 bits per heavy atom. The first kappa shape index (κ1) is 19.3. The van der Waals surface area contributed by atoms with E-state index in [0.717, 1.165) is 48.5 Å². The third-order valence-corrected chi connectivity index (χ3v) is 4.07. The van der Waals surface area contributed by atoms with E-state index < -0.39 is 42.1 Å². The van der Waals surface area contributed by atoms with E-state index in [-0.39, 0.29) is 11.1 Å². The maximum Gasteiger partial charge on any atom is 0.416 e. The first-order chi connectivity index (χ1) is 11.5. The molecule has 2 aromatic rings. The Morgan fingerprint density at radius 3 is 0.960 bits per heavy atom. The number of alkyl halides is 6. The minimum absolute atomic E-state index is 0.158. The molecule has 0 saturated carbocycles. The van der Waals surface area contributed by atoms with E-state index in [1.165, 1.54) is 0 Å². The highest BCUT2D eigenvalue weighted by Crippen LogP contribution is 2.36. The van der Waals surface area contributed by atoms with E-state index >= 15 is 0 Å². The molecule has 0 saturated heterocycles. The van der Waals surface area contributed by atoms with Crippen LogP contribution < -0.4 is 0 Å². The maximum absolute atomic E-state index is 12.7. The number of hydrogen-bond donors (Lipinski definition) is 2. The monoisotopic (exact) mass is 364 g/mol. The number of rotatable bonds is 4. The average Bonchev–Trinajstić information content (AvgIpc) is 2.56. The molecule has 0 fully saturated rings. The Labute approximate surface area is 139 Å². The van der Waals surface area contributed by atoms with Crippen molar-refractivity contribution in [3.8, 4) is 0 Å². The van der Waals surface area contributed by atoms with Crippen LogP contribution >= 0.6 is 0 Å². The molecule has 25 heavy (non-hydrogen) atoms. The minimum Gasteiger partial charge on any atom is -0.395 e. The van der Waals surface area contributed by atoms with Crippen molar-refractivity contribution in [1.82, 2.24) is 0 Å². The highest BCUT2D eigenvalue weighted by Gasteiger charge is 2.36. The quantitative estimate of drug-likeness (QED) is 0.806. The van der Waals surface area contributed by atoms with E-state index in [1.54, 1.807) is 0 Å². The van der Waals surface area contributed by atoms with Crippen LogP contribution in [-0.2, 0) is 17.8 Å². The van der Waals surface area contributed by atoms with Gasteiger partial charge in [0.2, 0.25) is 0 Å². The Balaban J connectivity index is 2.48. The van der Waals surface area contributed by atoms with E-state index in [1.807, 2.05) is 0 Å². The zero-order chi connectivity index (χ0) is 18.9. The second kappa shape index (κ2) is 6.68. The number of benzene rings is 2. The molecule has 0 aromatic heterocycles. The van der Waals surface area contributed by atoms with Crippen LogP contribution in [0.5, 0.6) is 0 Å². The van der Waals surface area contributed by atoms with Crippen molar-refractivity contribution in [2.75, 3.05) is 13.2 Å². The first-order valence-corrected chi connectivity index (χ1v) is 7.12. The second-order valence-corrected chi connectivity index (χ2v) is 5.55. The van der Waals surface area contributed by atoms with Crippen LogP contribution in [0.1, 0.15) is 22.3 Å². The van der Waals surface area contributed by atoms with Crippen molar-refractivity contribution in [3.05, 3.63) is 70.8 Å². The Hall–Kier alpha value is -2.06. The minimum atomic E-state index is -4.55. The molecule has 0 unspecified atom stereocenters. The van der Waals surface area contributed by atoms with Gasteiger partial charge >= 0.3 is 12.4 Å². The fraction of sp³-hybridized carbons (Fsp3) is 0.294. The highest BCUT2D eigenvalue weighted by atomic mass is 19.4. The molecule has 8 heteroatoms. The SMILES string of the molecule is OCC(CO)(c1ccc(C(F)(F)F)cc1)c1ccc(C(F)(F)F)cc1. The maximum atomic E-state index is 12.7. The highest BCUT2D eigenvalue weighted by molar-refractivity contribution is 5.42. The number of hydrogen-bond acceptors (Lipinski definition) is 2. The van der Waals surface area contributed by atoms with Crippen molar-refractivity contribution >= 4 is 0 Å². The summed E-state index contributed by atoms with van der Waals surface area (Å²) in [6.07, 6.45) is -9.10. The van der Waals surface area contributed by atoms with Crippen molar-refractivity contribution in [3.63, 3.8) is 0 Å². The first-order valence-electron chi connectivity index (χ1n) is 7.12. The molecular formula is C17H14F6O2. The molecule has 0 aliphatic heterocycles. The molecule has 2 rings (SSSR count). The fourth-order valence-electron chi connectivity index (χ4n) is 2.54. The van der Waals surface area contributed by atoms with Gasteiger partial charge in [0.15, 0.2) is 0 Å². The van der Waals surface area contributed by atoms with E-state index in [9.17, 15) is 36.6 Å². The van der Waals surface area contributed by atoms with Crippen LogP contribution in [0.25, 0.3) is 0 Å². The third kappa shape index (κ3) is 3.80. The van der Waals surface area contributed by atoms with Crippen LogP contribution in [0.2, 0.25) is 0 Å². The molecule has 0 radical (unpaired) electrons. The van der Waals surface area contributed by atoms with Crippen molar-refractivity contribution in [2.45, 2.75) is 17.8 Å². The Morgan fingerprint density at radius 2 is 0.760 bits per heavy atom. The molecule has 2 N–H and O–H groups in total. The van der Waals surface area contributed by atoms with Crippen LogP contribution in [0.3, 0.4) is 0 Å². The van der Waals surface area contributed by atoms with Gasteiger partial charge in [-0.15, -0.1) is 0 Å². The van der Waals surface area contributed by atoms with Gasteiger partial charge in [-0.25, -0.2) is 0 Å². The summed E-state index contributed by atoms with van der Waals surface area (Å²) in [4.78, 5) is 0. The number of aliphatic hydroxyl groups is 2. The Kier molecular flexibility index (Phi) is 5.15. The lowest BCUT2D eigenvalue weighted by atomic mass is 9.75. The summed E-state index contributed by atoms with van der Waals surface area (Å²) in [5.74, 6) is 0.